The standard InChI is InChI=1S/C13H12F3NO2/c14-8-3-6(4-9(15)12(8)16)13(18)17-10-5-7-1-2-11(10)19-7/h3-4,7,10-11H,1-2,5H2,(H,17,18). The molecule has 1 N–H and O–H groups in total. The Morgan fingerprint density at radius 2 is 1.89 bits per heavy atom. The molecule has 0 spiro atoms. The highest BCUT2D eigenvalue weighted by Crippen LogP contribution is 2.34. The number of rotatable bonds is 2. The predicted molar refractivity (Wildman–Crippen MR) is 60.1 cm³/mol. The fourth-order valence-electron chi connectivity index (χ4n) is 2.73. The molecule has 1 aromatic rings. The van der Waals surface area contributed by atoms with Gasteiger partial charge >= 0.3 is 0 Å². The first-order chi connectivity index (χ1) is 9.04. The van der Waals surface area contributed by atoms with E-state index in [0.29, 0.717) is 18.6 Å². The van der Waals surface area contributed by atoms with Crippen LogP contribution in [0.2, 0.25) is 0 Å². The van der Waals surface area contributed by atoms with Crippen molar-refractivity contribution in [3.63, 3.8) is 0 Å². The second-order valence-corrected chi connectivity index (χ2v) is 4.94. The van der Waals surface area contributed by atoms with Crippen molar-refractivity contribution >= 4 is 5.91 Å². The van der Waals surface area contributed by atoms with E-state index < -0.39 is 23.4 Å². The molecule has 2 bridgehead atoms. The maximum absolute atomic E-state index is 13.0. The highest BCUT2D eigenvalue weighted by atomic mass is 19.2. The van der Waals surface area contributed by atoms with Gasteiger partial charge in [-0.1, -0.05) is 0 Å². The van der Waals surface area contributed by atoms with Gasteiger partial charge in [-0.3, -0.25) is 4.79 Å². The Labute approximate surface area is 107 Å². The second-order valence-electron chi connectivity index (χ2n) is 4.94. The van der Waals surface area contributed by atoms with Crippen molar-refractivity contribution in [2.45, 2.75) is 37.5 Å². The quantitative estimate of drug-likeness (QED) is 0.837. The van der Waals surface area contributed by atoms with Crippen molar-refractivity contribution in [3.8, 4) is 0 Å². The van der Waals surface area contributed by atoms with E-state index in [4.69, 9.17) is 4.74 Å². The van der Waals surface area contributed by atoms with Crippen LogP contribution in [0, 0.1) is 17.5 Å². The van der Waals surface area contributed by atoms with Gasteiger partial charge < -0.3 is 10.1 Å². The second kappa shape index (κ2) is 4.52. The van der Waals surface area contributed by atoms with Gasteiger partial charge in [0.2, 0.25) is 0 Å². The molecule has 102 valence electrons. The van der Waals surface area contributed by atoms with Crippen LogP contribution in [-0.4, -0.2) is 24.2 Å². The lowest BCUT2D eigenvalue weighted by Crippen LogP contribution is -2.41. The Morgan fingerprint density at radius 1 is 1.21 bits per heavy atom. The summed E-state index contributed by atoms with van der Waals surface area (Å²) in [6.45, 7) is 0. The molecule has 3 rings (SSSR count). The first kappa shape index (κ1) is 12.5. The number of carbonyl (C=O) groups excluding carboxylic acids is 1. The fourth-order valence-corrected chi connectivity index (χ4v) is 2.73. The normalized spacial score (nSPS) is 28.7. The van der Waals surface area contributed by atoms with Crippen LogP contribution in [-0.2, 0) is 4.74 Å². The van der Waals surface area contributed by atoms with Gasteiger partial charge in [0.1, 0.15) is 0 Å². The average Bonchev–Trinajstić information content (AvgIpc) is 2.97. The first-order valence-electron chi connectivity index (χ1n) is 6.15. The minimum Gasteiger partial charge on any atom is -0.373 e. The Bertz CT molecular complexity index is 512. The van der Waals surface area contributed by atoms with Crippen LogP contribution in [0.4, 0.5) is 13.2 Å². The number of halogens is 3. The molecule has 2 aliphatic rings. The molecule has 1 aromatic carbocycles. The van der Waals surface area contributed by atoms with Crippen LogP contribution in [0.25, 0.3) is 0 Å². The van der Waals surface area contributed by atoms with Crippen LogP contribution < -0.4 is 5.32 Å². The molecule has 0 radical (unpaired) electrons. The van der Waals surface area contributed by atoms with Crippen LogP contribution in [0.1, 0.15) is 29.6 Å². The van der Waals surface area contributed by atoms with Gasteiger partial charge in [0.15, 0.2) is 17.5 Å². The molecule has 0 aromatic heterocycles. The molecular formula is C13H12F3NO2. The Morgan fingerprint density at radius 3 is 2.42 bits per heavy atom. The lowest BCUT2D eigenvalue weighted by Gasteiger charge is -2.20. The number of ether oxygens (including phenoxy) is 1. The highest BCUT2D eigenvalue weighted by Gasteiger charge is 2.41. The third-order valence-electron chi connectivity index (χ3n) is 3.67. The summed E-state index contributed by atoms with van der Waals surface area (Å²) in [6, 6.07) is 1.26. The first-order valence-corrected chi connectivity index (χ1v) is 6.15. The molecule has 0 saturated carbocycles. The molecule has 1 amide bonds. The summed E-state index contributed by atoms with van der Waals surface area (Å²) in [5, 5.41) is 2.68. The zero-order valence-electron chi connectivity index (χ0n) is 9.96. The Hall–Kier alpha value is -1.56. The van der Waals surface area contributed by atoms with Crippen LogP contribution >= 0.6 is 0 Å². The molecule has 2 heterocycles. The molecule has 19 heavy (non-hydrogen) atoms. The summed E-state index contributed by atoms with van der Waals surface area (Å²) >= 11 is 0. The smallest absolute Gasteiger partial charge is 0.251 e. The number of hydrogen-bond acceptors (Lipinski definition) is 2. The third-order valence-corrected chi connectivity index (χ3v) is 3.67. The van der Waals surface area contributed by atoms with E-state index in [0.717, 1.165) is 12.8 Å². The van der Waals surface area contributed by atoms with Crippen molar-refractivity contribution in [2.24, 2.45) is 0 Å². The molecule has 2 fully saturated rings. The molecule has 0 aliphatic carbocycles. The Balaban J connectivity index is 1.74. The van der Waals surface area contributed by atoms with Crippen molar-refractivity contribution in [3.05, 3.63) is 35.1 Å². The monoisotopic (exact) mass is 271 g/mol. The predicted octanol–water partition coefficient (Wildman–Crippen LogP) is 2.15. The molecule has 3 nitrogen and oxygen atoms in total. The molecule has 6 heteroatoms. The number of hydrogen-bond donors (Lipinski definition) is 1. The van der Waals surface area contributed by atoms with Crippen LogP contribution in [0.5, 0.6) is 0 Å². The summed E-state index contributed by atoms with van der Waals surface area (Å²) in [5.41, 5.74) is -0.223. The molecule has 2 aliphatic heterocycles. The SMILES string of the molecule is O=C(NC1CC2CCC1O2)c1cc(F)c(F)c(F)c1. The highest BCUT2D eigenvalue weighted by molar-refractivity contribution is 5.94. The van der Waals surface area contributed by atoms with Crippen molar-refractivity contribution in [2.75, 3.05) is 0 Å². The van der Waals surface area contributed by atoms with Crippen molar-refractivity contribution < 1.29 is 22.7 Å². The lowest BCUT2D eigenvalue weighted by molar-refractivity contribution is 0.0840. The summed E-state index contributed by atoms with van der Waals surface area (Å²) in [5.74, 6) is -4.91. The topological polar surface area (TPSA) is 38.3 Å². The fraction of sp³-hybridized carbons (Fsp3) is 0.462. The number of amides is 1. The van der Waals surface area contributed by atoms with E-state index in [1.54, 1.807) is 0 Å². The number of fused-ring (bicyclic) bond motifs is 2. The summed E-state index contributed by atoms with van der Waals surface area (Å²) in [7, 11) is 0. The minimum atomic E-state index is -1.57. The summed E-state index contributed by atoms with van der Waals surface area (Å²) in [4.78, 5) is 11.9. The maximum atomic E-state index is 13.0. The molecule has 3 atom stereocenters. The van der Waals surface area contributed by atoms with Gasteiger partial charge in [0.05, 0.1) is 18.2 Å². The summed E-state index contributed by atoms with van der Waals surface area (Å²) in [6.07, 6.45) is 2.71. The number of carbonyl (C=O) groups is 1. The van der Waals surface area contributed by atoms with E-state index in [-0.39, 0.29) is 23.8 Å². The zero-order chi connectivity index (χ0) is 13.6. The van der Waals surface area contributed by atoms with Crippen molar-refractivity contribution in [1.82, 2.24) is 5.32 Å². The van der Waals surface area contributed by atoms with E-state index in [2.05, 4.69) is 5.32 Å². The minimum absolute atomic E-state index is 0.0240. The van der Waals surface area contributed by atoms with Gasteiger partial charge in [-0.25, -0.2) is 13.2 Å². The molecule has 2 saturated heterocycles. The van der Waals surface area contributed by atoms with Gasteiger partial charge in [-0.05, 0) is 31.4 Å². The van der Waals surface area contributed by atoms with E-state index in [1.807, 2.05) is 0 Å². The van der Waals surface area contributed by atoms with Crippen molar-refractivity contribution in [1.29, 1.82) is 0 Å². The largest absolute Gasteiger partial charge is 0.373 e. The number of benzene rings is 1. The van der Waals surface area contributed by atoms with E-state index >= 15 is 0 Å². The van der Waals surface area contributed by atoms with E-state index in [9.17, 15) is 18.0 Å². The van der Waals surface area contributed by atoms with Gasteiger partial charge in [0.25, 0.3) is 5.91 Å². The van der Waals surface area contributed by atoms with Gasteiger partial charge in [-0.2, -0.15) is 0 Å². The zero-order valence-corrected chi connectivity index (χ0v) is 9.96. The van der Waals surface area contributed by atoms with E-state index in [1.165, 1.54) is 0 Å². The molecular weight excluding hydrogens is 259 g/mol. The van der Waals surface area contributed by atoms with Crippen LogP contribution in [0.15, 0.2) is 12.1 Å². The Kier molecular flexibility index (Phi) is 2.97. The molecule has 3 unspecified atom stereocenters. The maximum Gasteiger partial charge on any atom is 0.251 e. The summed E-state index contributed by atoms with van der Waals surface area (Å²) < 4.78 is 44.5. The van der Waals surface area contributed by atoms with Crippen LogP contribution in [0.3, 0.4) is 0 Å². The lowest BCUT2D eigenvalue weighted by atomic mass is 9.95. The third kappa shape index (κ3) is 2.20. The van der Waals surface area contributed by atoms with Gasteiger partial charge in [0, 0.05) is 5.56 Å². The average molecular weight is 271 g/mol. The number of nitrogens with one attached hydrogen (secondary N) is 1. The van der Waals surface area contributed by atoms with Gasteiger partial charge in [-0.15, -0.1) is 0 Å².